The number of hydrogen-bond donors (Lipinski definition) is 1. The average molecular weight is 274 g/mol. The van der Waals surface area contributed by atoms with Crippen molar-refractivity contribution >= 4 is 23.4 Å². The highest BCUT2D eigenvalue weighted by Gasteiger charge is 2.04. The molecule has 2 nitrogen and oxygen atoms in total. The lowest BCUT2D eigenvalue weighted by atomic mass is 10.2. The fourth-order valence-electron chi connectivity index (χ4n) is 1.53. The van der Waals surface area contributed by atoms with Gasteiger partial charge in [0.05, 0.1) is 7.11 Å². The maximum absolute atomic E-state index is 5.97. The second-order valence-electron chi connectivity index (χ2n) is 3.97. The minimum Gasteiger partial charge on any atom is -0.496 e. The summed E-state index contributed by atoms with van der Waals surface area (Å²) < 4.78 is 5.30. The van der Waals surface area contributed by atoms with Crippen molar-refractivity contribution < 1.29 is 4.74 Å². The van der Waals surface area contributed by atoms with Gasteiger partial charge < -0.3 is 10.1 Å². The van der Waals surface area contributed by atoms with Gasteiger partial charge in [-0.05, 0) is 37.4 Å². The molecule has 1 aromatic rings. The van der Waals surface area contributed by atoms with Crippen LogP contribution in [0.5, 0.6) is 5.75 Å². The molecule has 1 rings (SSSR count). The molecule has 0 aliphatic rings. The Bertz CT molecular complexity index is 346. The molecule has 1 unspecified atom stereocenters. The molecule has 96 valence electrons. The van der Waals surface area contributed by atoms with Crippen LogP contribution in [0, 0.1) is 0 Å². The van der Waals surface area contributed by atoms with E-state index in [1.54, 1.807) is 7.11 Å². The van der Waals surface area contributed by atoms with Gasteiger partial charge in [-0.1, -0.05) is 18.5 Å². The Morgan fingerprint density at radius 2 is 2.24 bits per heavy atom. The van der Waals surface area contributed by atoms with E-state index in [9.17, 15) is 0 Å². The zero-order valence-corrected chi connectivity index (χ0v) is 12.2. The molecule has 0 saturated heterocycles. The second kappa shape index (κ2) is 7.85. The highest BCUT2D eigenvalue weighted by molar-refractivity contribution is 7.99. The summed E-state index contributed by atoms with van der Waals surface area (Å²) in [5.41, 5.74) is 1.11. The maximum Gasteiger partial charge on any atom is 0.123 e. The number of rotatable bonds is 7. The van der Waals surface area contributed by atoms with Crippen LogP contribution >= 0.6 is 23.4 Å². The summed E-state index contributed by atoms with van der Waals surface area (Å²) in [6.07, 6.45) is 3.31. The Kier molecular flexibility index (Phi) is 6.78. The van der Waals surface area contributed by atoms with Crippen molar-refractivity contribution in [3.63, 3.8) is 0 Å². The van der Waals surface area contributed by atoms with Gasteiger partial charge in [0.1, 0.15) is 5.75 Å². The quantitative estimate of drug-likeness (QED) is 0.768. The van der Waals surface area contributed by atoms with Crippen LogP contribution in [-0.2, 0) is 6.54 Å². The summed E-state index contributed by atoms with van der Waals surface area (Å²) >= 11 is 7.87. The van der Waals surface area contributed by atoms with Crippen LogP contribution in [0.1, 0.15) is 18.9 Å². The zero-order valence-electron chi connectivity index (χ0n) is 10.6. The smallest absolute Gasteiger partial charge is 0.123 e. The van der Waals surface area contributed by atoms with Crippen molar-refractivity contribution in [2.75, 3.05) is 19.9 Å². The Morgan fingerprint density at radius 3 is 2.88 bits per heavy atom. The van der Waals surface area contributed by atoms with Crippen LogP contribution in [0.25, 0.3) is 0 Å². The fourth-order valence-corrected chi connectivity index (χ4v) is 2.08. The molecule has 0 amide bonds. The van der Waals surface area contributed by atoms with E-state index >= 15 is 0 Å². The Hall–Kier alpha value is -0.380. The zero-order chi connectivity index (χ0) is 12.7. The monoisotopic (exact) mass is 273 g/mol. The van der Waals surface area contributed by atoms with Crippen LogP contribution in [0.2, 0.25) is 5.02 Å². The fraction of sp³-hybridized carbons (Fsp3) is 0.538. The Morgan fingerprint density at radius 1 is 1.47 bits per heavy atom. The van der Waals surface area contributed by atoms with Crippen molar-refractivity contribution in [3.8, 4) is 5.75 Å². The minimum atomic E-state index is 0.698. The summed E-state index contributed by atoms with van der Waals surface area (Å²) in [6, 6.07) is 5.70. The van der Waals surface area contributed by atoms with Crippen molar-refractivity contribution in [2.24, 2.45) is 0 Å². The third kappa shape index (κ3) is 5.19. The number of ether oxygens (including phenoxy) is 1. The van der Waals surface area contributed by atoms with E-state index in [4.69, 9.17) is 16.3 Å². The Balaban J connectivity index is 2.42. The highest BCUT2D eigenvalue weighted by Crippen LogP contribution is 2.22. The van der Waals surface area contributed by atoms with E-state index in [0.717, 1.165) is 29.4 Å². The summed E-state index contributed by atoms with van der Waals surface area (Å²) in [4.78, 5) is 0. The van der Waals surface area contributed by atoms with Crippen LogP contribution in [0.4, 0.5) is 0 Å². The topological polar surface area (TPSA) is 21.3 Å². The van der Waals surface area contributed by atoms with Crippen LogP contribution in [-0.4, -0.2) is 25.2 Å². The molecule has 0 heterocycles. The maximum atomic E-state index is 5.97. The average Bonchev–Trinajstić information content (AvgIpc) is 2.34. The summed E-state index contributed by atoms with van der Waals surface area (Å²) in [5.74, 6) is 0.889. The van der Waals surface area contributed by atoms with Gasteiger partial charge in [0.25, 0.3) is 0 Å². The molecule has 0 spiro atoms. The number of thioether (sulfide) groups is 1. The summed E-state index contributed by atoms with van der Waals surface area (Å²) in [5, 5.41) is 4.86. The molecule has 1 atom stereocenters. The van der Waals surface area contributed by atoms with Crippen molar-refractivity contribution in [1.29, 1.82) is 0 Å². The minimum absolute atomic E-state index is 0.698. The van der Waals surface area contributed by atoms with Gasteiger partial charge in [-0.2, -0.15) is 11.8 Å². The largest absolute Gasteiger partial charge is 0.496 e. The standard InChI is InChI=1S/C13H20ClNOS/c1-10(17-3)6-7-15-9-11-8-12(14)4-5-13(11)16-2/h4-5,8,10,15H,6-7,9H2,1-3H3. The van der Waals surface area contributed by atoms with E-state index in [-0.39, 0.29) is 0 Å². The van der Waals surface area contributed by atoms with Gasteiger partial charge in [0.15, 0.2) is 0 Å². The molecule has 0 saturated carbocycles. The van der Waals surface area contributed by atoms with Crippen molar-refractivity contribution in [2.45, 2.75) is 25.1 Å². The van der Waals surface area contributed by atoms with E-state index in [1.807, 2.05) is 30.0 Å². The van der Waals surface area contributed by atoms with Crippen molar-refractivity contribution in [1.82, 2.24) is 5.32 Å². The van der Waals surface area contributed by atoms with Crippen LogP contribution in [0.3, 0.4) is 0 Å². The first-order chi connectivity index (χ1) is 8.17. The van der Waals surface area contributed by atoms with Gasteiger partial charge in [-0.3, -0.25) is 0 Å². The molecule has 0 aliphatic heterocycles. The van der Waals surface area contributed by atoms with E-state index in [2.05, 4.69) is 18.5 Å². The lowest BCUT2D eigenvalue weighted by Crippen LogP contribution is -2.18. The SMILES string of the molecule is COc1ccc(Cl)cc1CNCCC(C)SC. The molecule has 1 aromatic carbocycles. The molecule has 0 fully saturated rings. The molecule has 0 bridgehead atoms. The molecule has 4 heteroatoms. The van der Waals surface area contributed by atoms with Gasteiger partial charge in [0.2, 0.25) is 0 Å². The van der Waals surface area contributed by atoms with Gasteiger partial charge in [0, 0.05) is 22.4 Å². The first-order valence-corrected chi connectivity index (χ1v) is 7.40. The lowest BCUT2D eigenvalue weighted by molar-refractivity contribution is 0.407. The molecule has 0 radical (unpaired) electrons. The first-order valence-electron chi connectivity index (χ1n) is 5.73. The molecule has 17 heavy (non-hydrogen) atoms. The summed E-state index contributed by atoms with van der Waals surface area (Å²) in [6.45, 7) is 4.05. The first kappa shape index (κ1) is 14.7. The normalized spacial score (nSPS) is 12.5. The summed E-state index contributed by atoms with van der Waals surface area (Å²) in [7, 11) is 1.68. The predicted octanol–water partition coefficient (Wildman–Crippen LogP) is 3.58. The molecular formula is C13H20ClNOS. The number of benzene rings is 1. The third-order valence-corrected chi connectivity index (χ3v) is 3.96. The van der Waals surface area contributed by atoms with Gasteiger partial charge in [-0.25, -0.2) is 0 Å². The highest BCUT2D eigenvalue weighted by atomic mass is 35.5. The van der Waals surface area contributed by atoms with E-state index < -0.39 is 0 Å². The van der Waals surface area contributed by atoms with Gasteiger partial charge in [-0.15, -0.1) is 0 Å². The Labute approximate surface area is 113 Å². The number of hydrogen-bond acceptors (Lipinski definition) is 3. The predicted molar refractivity (Wildman–Crippen MR) is 77.3 cm³/mol. The molecule has 1 N–H and O–H groups in total. The molecule has 0 aliphatic carbocycles. The number of methoxy groups -OCH3 is 1. The second-order valence-corrected chi connectivity index (χ2v) is 5.68. The van der Waals surface area contributed by atoms with E-state index in [1.165, 1.54) is 6.42 Å². The number of nitrogens with one attached hydrogen (secondary N) is 1. The van der Waals surface area contributed by atoms with Crippen molar-refractivity contribution in [3.05, 3.63) is 28.8 Å². The number of halogens is 1. The van der Waals surface area contributed by atoms with E-state index in [0.29, 0.717) is 5.25 Å². The van der Waals surface area contributed by atoms with Gasteiger partial charge >= 0.3 is 0 Å². The van der Waals surface area contributed by atoms with Crippen LogP contribution in [0.15, 0.2) is 18.2 Å². The molecule has 0 aromatic heterocycles. The lowest BCUT2D eigenvalue weighted by Gasteiger charge is -2.11. The molecular weight excluding hydrogens is 254 g/mol. The van der Waals surface area contributed by atoms with Crippen LogP contribution < -0.4 is 10.1 Å². The third-order valence-electron chi connectivity index (χ3n) is 2.69.